The Bertz CT molecular complexity index is 602. The van der Waals surface area contributed by atoms with Gasteiger partial charge in [0.15, 0.2) is 11.6 Å². The van der Waals surface area contributed by atoms with Crippen molar-refractivity contribution in [3.05, 3.63) is 59.4 Å². The molecule has 0 saturated carbocycles. The van der Waals surface area contributed by atoms with E-state index in [4.69, 9.17) is 4.74 Å². The molecule has 0 aliphatic heterocycles. The third kappa shape index (κ3) is 3.11. The summed E-state index contributed by atoms with van der Waals surface area (Å²) in [6.45, 7) is 3.71. The van der Waals surface area contributed by atoms with Crippen molar-refractivity contribution in [3.63, 3.8) is 0 Å². The normalized spacial score (nSPS) is 12.5. The largest absolute Gasteiger partial charge is 0.489 e. The van der Waals surface area contributed by atoms with Gasteiger partial charge in [0.2, 0.25) is 0 Å². The molecule has 1 atom stereocenters. The SMILES string of the molecule is CC(C)Oc1cncc(C(O)c2cccc(F)c2F)c1. The molecule has 0 aliphatic carbocycles. The molecular formula is C15H15F2NO2. The van der Waals surface area contributed by atoms with E-state index in [9.17, 15) is 13.9 Å². The number of nitrogens with zero attached hydrogens (tertiary/aromatic N) is 1. The summed E-state index contributed by atoms with van der Waals surface area (Å²) in [5, 5.41) is 10.2. The highest BCUT2D eigenvalue weighted by atomic mass is 19.2. The molecule has 1 heterocycles. The molecule has 1 N–H and O–H groups in total. The van der Waals surface area contributed by atoms with Crippen LogP contribution in [0.2, 0.25) is 0 Å². The quantitative estimate of drug-likeness (QED) is 0.934. The van der Waals surface area contributed by atoms with Crippen molar-refractivity contribution in [1.29, 1.82) is 0 Å². The van der Waals surface area contributed by atoms with Crippen molar-refractivity contribution in [2.75, 3.05) is 0 Å². The highest BCUT2D eigenvalue weighted by Crippen LogP contribution is 2.27. The van der Waals surface area contributed by atoms with Crippen LogP contribution in [0.4, 0.5) is 8.78 Å². The molecule has 1 aromatic carbocycles. The predicted molar refractivity (Wildman–Crippen MR) is 70.4 cm³/mol. The number of ether oxygens (including phenoxy) is 1. The van der Waals surface area contributed by atoms with Crippen molar-refractivity contribution < 1.29 is 18.6 Å². The van der Waals surface area contributed by atoms with E-state index in [1.54, 1.807) is 6.07 Å². The van der Waals surface area contributed by atoms with Crippen LogP contribution in [0.3, 0.4) is 0 Å². The smallest absolute Gasteiger partial charge is 0.164 e. The molecule has 0 aliphatic rings. The van der Waals surface area contributed by atoms with Crippen molar-refractivity contribution in [2.45, 2.75) is 26.1 Å². The van der Waals surface area contributed by atoms with Crippen LogP contribution in [0.1, 0.15) is 31.1 Å². The summed E-state index contributed by atoms with van der Waals surface area (Å²) in [5.74, 6) is -1.59. The molecular weight excluding hydrogens is 264 g/mol. The third-order valence-corrected chi connectivity index (χ3v) is 2.70. The summed E-state index contributed by atoms with van der Waals surface area (Å²) in [4.78, 5) is 3.94. The van der Waals surface area contributed by atoms with Gasteiger partial charge < -0.3 is 9.84 Å². The van der Waals surface area contributed by atoms with Crippen LogP contribution in [-0.2, 0) is 0 Å². The average Bonchev–Trinajstić information content (AvgIpc) is 2.41. The first-order valence-electron chi connectivity index (χ1n) is 6.22. The average molecular weight is 279 g/mol. The first-order chi connectivity index (χ1) is 9.49. The Morgan fingerprint density at radius 2 is 1.95 bits per heavy atom. The zero-order valence-corrected chi connectivity index (χ0v) is 11.2. The fourth-order valence-electron chi connectivity index (χ4n) is 1.83. The highest BCUT2D eigenvalue weighted by molar-refractivity contribution is 5.33. The van der Waals surface area contributed by atoms with Gasteiger partial charge in [0.1, 0.15) is 11.9 Å². The van der Waals surface area contributed by atoms with E-state index < -0.39 is 17.7 Å². The Kier molecular flexibility index (Phi) is 4.29. The van der Waals surface area contributed by atoms with E-state index in [0.29, 0.717) is 11.3 Å². The summed E-state index contributed by atoms with van der Waals surface area (Å²) in [5.41, 5.74) is 0.209. The van der Waals surface area contributed by atoms with Crippen LogP contribution >= 0.6 is 0 Å². The van der Waals surface area contributed by atoms with E-state index in [-0.39, 0.29) is 11.7 Å². The molecule has 20 heavy (non-hydrogen) atoms. The first-order valence-corrected chi connectivity index (χ1v) is 6.22. The van der Waals surface area contributed by atoms with Crippen molar-refractivity contribution in [3.8, 4) is 5.75 Å². The van der Waals surface area contributed by atoms with Gasteiger partial charge in [-0.1, -0.05) is 12.1 Å². The molecule has 0 saturated heterocycles. The van der Waals surface area contributed by atoms with E-state index in [0.717, 1.165) is 6.07 Å². The Labute approximate surface area is 115 Å². The Morgan fingerprint density at radius 1 is 1.20 bits per heavy atom. The zero-order valence-electron chi connectivity index (χ0n) is 11.2. The molecule has 0 spiro atoms. The van der Waals surface area contributed by atoms with Gasteiger partial charge in [0, 0.05) is 17.3 Å². The number of pyridine rings is 1. The second-order valence-corrected chi connectivity index (χ2v) is 4.67. The van der Waals surface area contributed by atoms with Gasteiger partial charge in [-0.3, -0.25) is 4.98 Å². The zero-order chi connectivity index (χ0) is 14.7. The van der Waals surface area contributed by atoms with Gasteiger partial charge in [-0.2, -0.15) is 0 Å². The number of hydrogen-bond donors (Lipinski definition) is 1. The van der Waals surface area contributed by atoms with Crippen molar-refractivity contribution >= 4 is 0 Å². The predicted octanol–water partition coefficient (Wildman–Crippen LogP) is 3.23. The summed E-state index contributed by atoms with van der Waals surface area (Å²) < 4.78 is 32.3. The maximum Gasteiger partial charge on any atom is 0.164 e. The molecule has 5 heteroatoms. The van der Waals surface area contributed by atoms with Crippen LogP contribution < -0.4 is 4.74 Å². The summed E-state index contributed by atoms with van der Waals surface area (Å²) in [7, 11) is 0. The number of aromatic nitrogens is 1. The minimum Gasteiger partial charge on any atom is -0.489 e. The number of rotatable bonds is 4. The van der Waals surface area contributed by atoms with Crippen LogP contribution in [0.15, 0.2) is 36.7 Å². The first kappa shape index (κ1) is 14.4. The summed E-state index contributed by atoms with van der Waals surface area (Å²) >= 11 is 0. The third-order valence-electron chi connectivity index (χ3n) is 2.70. The fourth-order valence-corrected chi connectivity index (χ4v) is 1.83. The van der Waals surface area contributed by atoms with E-state index in [1.165, 1.54) is 24.5 Å². The molecule has 1 unspecified atom stereocenters. The lowest BCUT2D eigenvalue weighted by Gasteiger charge is -2.14. The molecule has 3 nitrogen and oxygen atoms in total. The second kappa shape index (κ2) is 5.96. The highest BCUT2D eigenvalue weighted by Gasteiger charge is 2.18. The lowest BCUT2D eigenvalue weighted by atomic mass is 10.0. The van der Waals surface area contributed by atoms with E-state index in [2.05, 4.69) is 4.98 Å². The second-order valence-electron chi connectivity index (χ2n) is 4.67. The molecule has 2 aromatic rings. The Morgan fingerprint density at radius 3 is 2.65 bits per heavy atom. The van der Waals surface area contributed by atoms with Crippen LogP contribution in [-0.4, -0.2) is 16.2 Å². The van der Waals surface area contributed by atoms with Gasteiger partial charge in [0.05, 0.1) is 12.3 Å². The standard InChI is InChI=1S/C15H15F2NO2/c1-9(2)20-11-6-10(7-18-8-11)15(19)12-4-3-5-13(16)14(12)17/h3-9,15,19H,1-2H3. The maximum absolute atomic E-state index is 13.7. The molecule has 1 aromatic heterocycles. The van der Waals surface area contributed by atoms with Crippen LogP contribution in [0, 0.1) is 11.6 Å². The number of benzene rings is 1. The maximum atomic E-state index is 13.7. The van der Waals surface area contributed by atoms with Gasteiger partial charge >= 0.3 is 0 Å². The number of aliphatic hydroxyl groups is 1. The van der Waals surface area contributed by atoms with Gasteiger partial charge in [0.25, 0.3) is 0 Å². The number of aliphatic hydroxyl groups excluding tert-OH is 1. The number of halogens is 2. The number of hydrogen-bond acceptors (Lipinski definition) is 3. The van der Waals surface area contributed by atoms with Gasteiger partial charge in [-0.15, -0.1) is 0 Å². The fraction of sp³-hybridized carbons (Fsp3) is 0.267. The minimum absolute atomic E-state index is 0.0462. The molecule has 0 amide bonds. The molecule has 2 rings (SSSR count). The molecule has 0 fully saturated rings. The van der Waals surface area contributed by atoms with Gasteiger partial charge in [-0.05, 0) is 26.0 Å². The Hall–Kier alpha value is -2.01. The topological polar surface area (TPSA) is 42.4 Å². The minimum atomic E-state index is -1.30. The Balaban J connectivity index is 2.33. The van der Waals surface area contributed by atoms with E-state index >= 15 is 0 Å². The molecule has 106 valence electrons. The summed E-state index contributed by atoms with van der Waals surface area (Å²) in [6, 6.07) is 5.24. The van der Waals surface area contributed by atoms with Crippen LogP contribution in [0.5, 0.6) is 5.75 Å². The van der Waals surface area contributed by atoms with Crippen molar-refractivity contribution in [1.82, 2.24) is 4.98 Å². The lowest BCUT2D eigenvalue weighted by molar-refractivity contribution is 0.209. The van der Waals surface area contributed by atoms with Gasteiger partial charge in [-0.25, -0.2) is 8.78 Å². The molecule has 0 radical (unpaired) electrons. The summed E-state index contributed by atoms with van der Waals surface area (Å²) in [6.07, 6.45) is 1.55. The molecule has 0 bridgehead atoms. The van der Waals surface area contributed by atoms with Crippen LogP contribution in [0.25, 0.3) is 0 Å². The lowest BCUT2D eigenvalue weighted by Crippen LogP contribution is -2.08. The van der Waals surface area contributed by atoms with Crippen molar-refractivity contribution in [2.24, 2.45) is 0 Å². The van der Waals surface area contributed by atoms with E-state index in [1.807, 2.05) is 13.8 Å². The monoisotopic (exact) mass is 279 g/mol.